The second-order valence-electron chi connectivity index (χ2n) is 2.65. The molecule has 76 valence electrons. The molecule has 15 heavy (non-hydrogen) atoms. The van der Waals surface area contributed by atoms with Crippen molar-refractivity contribution in [3.05, 3.63) is 46.0 Å². The minimum atomic E-state index is -0.452. The summed E-state index contributed by atoms with van der Waals surface area (Å²) >= 11 is 3.12. The van der Waals surface area contributed by atoms with Gasteiger partial charge in [-0.15, -0.1) is 11.3 Å². The van der Waals surface area contributed by atoms with E-state index < -0.39 is 4.92 Å². The fourth-order valence-corrected chi connectivity index (χ4v) is 2.62. The van der Waals surface area contributed by atoms with Crippen LogP contribution < -0.4 is 0 Å². The van der Waals surface area contributed by atoms with Crippen LogP contribution in [-0.2, 0) is 0 Å². The van der Waals surface area contributed by atoms with E-state index in [9.17, 15) is 10.1 Å². The maximum absolute atomic E-state index is 10.4. The molecule has 2 aromatic rings. The molecule has 0 N–H and O–H groups in total. The summed E-state index contributed by atoms with van der Waals surface area (Å²) in [6, 6.07) is 7.06. The van der Waals surface area contributed by atoms with E-state index in [2.05, 4.69) is 4.98 Å². The van der Waals surface area contributed by atoms with Gasteiger partial charge in [0.05, 0.1) is 9.13 Å². The molecule has 0 bridgehead atoms. The Morgan fingerprint density at radius 2 is 2.27 bits per heavy atom. The molecule has 0 radical (unpaired) electrons. The van der Waals surface area contributed by atoms with E-state index >= 15 is 0 Å². The first-order chi connectivity index (χ1) is 7.25. The SMILES string of the molecule is O=[N+]([O-])c1ccc(Sc2cccs2)nc1. The van der Waals surface area contributed by atoms with Gasteiger partial charge in [0.25, 0.3) is 5.69 Å². The molecule has 0 spiro atoms. The molecular formula is C9H6N2O2S2. The highest BCUT2D eigenvalue weighted by Crippen LogP contribution is 2.30. The van der Waals surface area contributed by atoms with E-state index in [1.807, 2.05) is 17.5 Å². The topological polar surface area (TPSA) is 56.0 Å². The van der Waals surface area contributed by atoms with Crippen LogP contribution in [0.15, 0.2) is 45.1 Å². The van der Waals surface area contributed by atoms with Gasteiger partial charge in [0.2, 0.25) is 0 Å². The summed E-state index contributed by atoms with van der Waals surface area (Å²) in [5, 5.41) is 13.1. The summed E-state index contributed by atoms with van der Waals surface area (Å²) < 4.78 is 1.12. The number of nitrogens with zero attached hydrogens (tertiary/aromatic N) is 2. The van der Waals surface area contributed by atoms with Crippen molar-refractivity contribution in [3.63, 3.8) is 0 Å². The van der Waals surface area contributed by atoms with Crippen LogP contribution in [0.1, 0.15) is 0 Å². The van der Waals surface area contributed by atoms with Crippen LogP contribution >= 0.6 is 23.1 Å². The number of hydrogen-bond acceptors (Lipinski definition) is 5. The van der Waals surface area contributed by atoms with Gasteiger partial charge < -0.3 is 0 Å². The molecule has 2 aromatic heterocycles. The lowest BCUT2D eigenvalue weighted by atomic mass is 10.4. The summed E-state index contributed by atoms with van der Waals surface area (Å²) in [4.78, 5) is 13.9. The third-order valence-corrected chi connectivity index (χ3v) is 3.62. The Morgan fingerprint density at radius 3 is 2.80 bits per heavy atom. The number of rotatable bonds is 3. The number of hydrogen-bond donors (Lipinski definition) is 0. The van der Waals surface area contributed by atoms with Crippen LogP contribution in [0.4, 0.5) is 5.69 Å². The van der Waals surface area contributed by atoms with Gasteiger partial charge in [-0.25, -0.2) is 4.98 Å². The van der Waals surface area contributed by atoms with Gasteiger partial charge in [0, 0.05) is 6.07 Å². The Labute approximate surface area is 94.1 Å². The lowest BCUT2D eigenvalue weighted by Crippen LogP contribution is -1.88. The van der Waals surface area contributed by atoms with Crippen LogP contribution in [0.25, 0.3) is 0 Å². The minimum Gasteiger partial charge on any atom is -0.258 e. The standard InChI is InChI=1S/C9H6N2O2S2/c12-11(13)7-3-4-8(10-6-7)15-9-2-1-5-14-9/h1-6H. The smallest absolute Gasteiger partial charge is 0.258 e. The molecule has 0 aromatic carbocycles. The summed E-state index contributed by atoms with van der Waals surface area (Å²) in [6.45, 7) is 0. The fourth-order valence-electron chi connectivity index (χ4n) is 0.965. The highest BCUT2D eigenvalue weighted by molar-refractivity contribution is 8.01. The average Bonchev–Trinajstić information content (AvgIpc) is 2.71. The van der Waals surface area contributed by atoms with Crippen molar-refractivity contribution in [2.45, 2.75) is 9.24 Å². The van der Waals surface area contributed by atoms with Crippen molar-refractivity contribution in [1.82, 2.24) is 4.98 Å². The molecule has 0 aliphatic heterocycles. The van der Waals surface area contributed by atoms with Crippen molar-refractivity contribution >= 4 is 28.8 Å². The molecule has 0 saturated carbocycles. The molecule has 0 saturated heterocycles. The van der Waals surface area contributed by atoms with Crippen molar-refractivity contribution in [2.75, 3.05) is 0 Å². The van der Waals surface area contributed by atoms with Crippen molar-refractivity contribution in [3.8, 4) is 0 Å². The van der Waals surface area contributed by atoms with Crippen LogP contribution in [0, 0.1) is 10.1 Å². The van der Waals surface area contributed by atoms with Gasteiger partial charge in [0.1, 0.15) is 11.2 Å². The predicted molar refractivity (Wildman–Crippen MR) is 59.3 cm³/mol. The summed E-state index contributed by atoms with van der Waals surface area (Å²) in [7, 11) is 0. The molecule has 0 aliphatic rings. The Bertz CT molecular complexity index is 453. The molecule has 2 heterocycles. The van der Waals surface area contributed by atoms with E-state index in [0.717, 1.165) is 9.24 Å². The molecule has 0 atom stereocenters. The van der Waals surface area contributed by atoms with Gasteiger partial charge >= 0.3 is 0 Å². The maximum Gasteiger partial charge on any atom is 0.287 e. The second-order valence-corrected chi connectivity index (χ2v) is 4.91. The lowest BCUT2D eigenvalue weighted by molar-refractivity contribution is -0.385. The average molecular weight is 238 g/mol. The van der Waals surface area contributed by atoms with E-state index in [4.69, 9.17) is 0 Å². The molecule has 0 fully saturated rings. The van der Waals surface area contributed by atoms with E-state index in [0.29, 0.717) is 0 Å². The maximum atomic E-state index is 10.4. The molecule has 4 nitrogen and oxygen atoms in total. The van der Waals surface area contributed by atoms with Crippen molar-refractivity contribution in [2.24, 2.45) is 0 Å². The summed E-state index contributed by atoms with van der Waals surface area (Å²) in [5.74, 6) is 0. The molecule has 0 unspecified atom stereocenters. The first-order valence-electron chi connectivity index (χ1n) is 4.07. The van der Waals surface area contributed by atoms with Crippen LogP contribution in [-0.4, -0.2) is 9.91 Å². The lowest BCUT2D eigenvalue weighted by Gasteiger charge is -1.96. The van der Waals surface area contributed by atoms with Crippen molar-refractivity contribution in [1.29, 1.82) is 0 Å². The van der Waals surface area contributed by atoms with Gasteiger partial charge in [-0.3, -0.25) is 10.1 Å². The zero-order chi connectivity index (χ0) is 10.7. The number of aromatic nitrogens is 1. The van der Waals surface area contributed by atoms with E-state index in [-0.39, 0.29) is 5.69 Å². The van der Waals surface area contributed by atoms with Gasteiger partial charge in [-0.2, -0.15) is 0 Å². The number of thiophene rings is 1. The quantitative estimate of drug-likeness (QED) is 0.608. The molecule has 0 amide bonds. The first-order valence-corrected chi connectivity index (χ1v) is 5.77. The first kappa shape index (κ1) is 10.1. The Morgan fingerprint density at radius 1 is 1.40 bits per heavy atom. The predicted octanol–water partition coefficient (Wildman–Crippen LogP) is 3.20. The molecule has 0 aliphatic carbocycles. The van der Waals surface area contributed by atoms with E-state index in [1.54, 1.807) is 17.4 Å². The zero-order valence-corrected chi connectivity index (χ0v) is 9.12. The second kappa shape index (κ2) is 4.41. The summed E-state index contributed by atoms with van der Waals surface area (Å²) in [6.07, 6.45) is 1.27. The minimum absolute atomic E-state index is 0.0190. The van der Waals surface area contributed by atoms with Gasteiger partial charge in [-0.05, 0) is 17.5 Å². The van der Waals surface area contributed by atoms with Gasteiger partial charge in [-0.1, -0.05) is 17.8 Å². The third-order valence-electron chi connectivity index (χ3n) is 1.63. The monoisotopic (exact) mass is 238 g/mol. The Balaban J connectivity index is 2.14. The molecule has 2 rings (SSSR count). The molecular weight excluding hydrogens is 232 g/mol. The van der Waals surface area contributed by atoms with E-state index in [1.165, 1.54) is 24.0 Å². The number of nitro groups is 1. The fraction of sp³-hybridized carbons (Fsp3) is 0. The van der Waals surface area contributed by atoms with Crippen LogP contribution in [0.5, 0.6) is 0 Å². The van der Waals surface area contributed by atoms with Gasteiger partial charge in [0.15, 0.2) is 0 Å². The van der Waals surface area contributed by atoms with Crippen LogP contribution in [0.3, 0.4) is 0 Å². The Hall–Kier alpha value is -1.40. The third kappa shape index (κ3) is 2.54. The highest BCUT2D eigenvalue weighted by Gasteiger charge is 2.06. The Kier molecular flexibility index (Phi) is 2.98. The zero-order valence-electron chi connectivity index (χ0n) is 7.49. The van der Waals surface area contributed by atoms with Crippen LogP contribution in [0.2, 0.25) is 0 Å². The largest absolute Gasteiger partial charge is 0.287 e. The van der Waals surface area contributed by atoms with Crippen molar-refractivity contribution < 1.29 is 4.92 Å². The number of pyridine rings is 1. The summed E-state index contributed by atoms with van der Waals surface area (Å²) in [5.41, 5.74) is 0.0190. The normalized spacial score (nSPS) is 10.1. The highest BCUT2D eigenvalue weighted by atomic mass is 32.2. The molecule has 6 heteroatoms.